The molecule has 1 aliphatic rings. The van der Waals surface area contributed by atoms with Crippen molar-refractivity contribution in [2.45, 2.75) is 12.8 Å². The fourth-order valence-corrected chi connectivity index (χ4v) is 2.55. The Kier molecular flexibility index (Phi) is 4.83. The van der Waals surface area contributed by atoms with E-state index in [1.165, 1.54) is 0 Å². The third-order valence-electron chi connectivity index (χ3n) is 3.87. The molecule has 0 aromatic heterocycles. The third-order valence-corrected chi connectivity index (χ3v) is 3.87. The van der Waals surface area contributed by atoms with E-state index in [0.717, 1.165) is 5.56 Å². The van der Waals surface area contributed by atoms with Gasteiger partial charge in [0.2, 0.25) is 12.7 Å². The molecule has 2 aromatic carbocycles. The van der Waals surface area contributed by atoms with Crippen molar-refractivity contribution in [3.63, 3.8) is 0 Å². The lowest BCUT2D eigenvalue weighted by Crippen LogP contribution is -2.13. The van der Waals surface area contributed by atoms with E-state index in [-0.39, 0.29) is 12.7 Å². The molecule has 3 rings (SSSR count). The average Bonchev–Trinajstić information content (AvgIpc) is 3.07. The number of carbonyl (C=O) groups excluding carboxylic acids is 1. The summed E-state index contributed by atoms with van der Waals surface area (Å²) < 4.78 is 21.0. The zero-order valence-corrected chi connectivity index (χ0v) is 14.1. The maximum atomic E-state index is 12.2. The summed E-state index contributed by atoms with van der Waals surface area (Å²) in [5.74, 6) is 2.39. The SMILES string of the molecule is COc1cc(CCC(=O)Nc2cc3c(cc2N)OCO3)cc(OC)c1. The van der Waals surface area contributed by atoms with Crippen LogP contribution < -0.4 is 30.0 Å². The first-order valence-electron chi connectivity index (χ1n) is 7.80. The number of fused-ring (bicyclic) bond motifs is 1. The first-order chi connectivity index (χ1) is 12.1. The molecular formula is C18H20N2O5. The highest BCUT2D eigenvalue weighted by Gasteiger charge is 2.17. The molecule has 7 nitrogen and oxygen atoms in total. The number of methoxy groups -OCH3 is 2. The van der Waals surface area contributed by atoms with Crippen molar-refractivity contribution in [1.82, 2.24) is 0 Å². The molecule has 0 bridgehead atoms. The van der Waals surface area contributed by atoms with E-state index in [4.69, 9.17) is 24.7 Å². The molecular weight excluding hydrogens is 324 g/mol. The minimum Gasteiger partial charge on any atom is -0.497 e. The third kappa shape index (κ3) is 3.88. The quantitative estimate of drug-likeness (QED) is 0.783. The topological polar surface area (TPSA) is 92.0 Å². The second-order valence-electron chi connectivity index (χ2n) is 5.56. The van der Waals surface area contributed by atoms with Crippen LogP contribution in [0.3, 0.4) is 0 Å². The summed E-state index contributed by atoms with van der Waals surface area (Å²) in [6.07, 6.45) is 0.841. The molecule has 0 saturated heterocycles. The first-order valence-corrected chi connectivity index (χ1v) is 7.80. The van der Waals surface area contributed by atoms with Crippen LogP contribution in [0.2, 0.25) is 0 Å². The van der Waals surface area contributed by atoms with Gasteiger partial charge in [-0.2, -0.15) is 0 Å². The van der Waals surface area contributed by atoms with Crippen LogP contribution in [-0.2, 0) is 11.2 Å². The minimum absolute atomic E-state index is 0.146. The zero-order chi connectivity index (χ0) is 17.8. The van der Waals surface area contributed by atoms with Gasteiger partial charge in [0.15, 0.2) is 11.5 Å². The molecule has 0 spiro atoms. The molecule has 7 heteroatoms. The van der Waals surface area contributed by atoms with Gasteiger partial charge in [-0.15, -0.1) is 0 Å². The second kappa shape index (κ2) is 7.21. The Morgan fingerprint density at radius 1 is 1.08 bits per heavy atom. The summed E-state index contributed by atoms with van der Waals surface area (Å²) in [6.45, 7) is 0.157. The first kappa shape index (κ1) is 16.8. The van der Waals surface area contributed by atoms with Crippen molar-refractivity contribution in [2.24, 2.45) is 0 Å². The Labute approximate surface area is 145 Å². The largest absolute Gasteiger partial charge is 0.497 e. The maximum Gasteiger partial charge on any atom is 0.231 e. The lowest BCUT2D eigenvalue weighted by atomic mass is 10.1. The number of nitrogens with one attached hydrogen (secondary N) is 1. The number of nitrogen functional groups attached to an aromatic ring is 1. The van der Waals surface area contributed by atoms with E-state index < -0.39 is 0 Å². The van der Waals surface area contributed by atoms with Crippen LogP contribution in [0.1, 0.15) is 12.0 Å². The number of aryl methyl sites for hydroxylation is 1. The Morgan fingerprint density at radius 2 is 1.72 bits per heavy atom. The Balaban J connectivity index is 1.64. The van der Waals surface area contributed by atoms with Gasteiger partial charge in [0.25, 0.3) is 0 Å². The van der Waals surface area contributed by atoms with Crippen LogP contribution in [0.15, 0.2) is 30.3 Å². The van der Waals surface area contributed by atoms with Crippen LogP contribution >= 0.6 is 0 Å². The molecule has 0 atom stereocenters. The van der Waals surface area contributed by atoms with E-state index in [1.54, 1.807) is 32.4 Å². The van der Waals surface area contributed by atoms with Crippen molar-refractivity contribution < 1.29 is 23.7 Å². The Morgan fingerprint density at radius 3 is 2.36 bits per heavy atom. The predicted octanol–water partition coefficient (Wildman–Crippen LogP) is 2.59. The summed E-state index contributed by atoms with van der Waals surface area (Å²) in [5.41, 5.74) is 7.83. The number of carbonyl (C=O) groups is 1. The van der Waals surface area contributed by atoms with Crippen molar-refractivity contribution in [1.29, 1.82) is 0 Å². The summed E-state index contributed by atoms with van der Waals surface area (Å²) >= 11 is 0. The van der Waals surface area contributed by atoms with Crippen LogP contribution in [0.25, 0.3) is 0 Å². The highest BCUT2D eigenvalue weighted by atomic mass is 16.7. The molecule has 0 aliphatic carbocycles. The molecule has 0 saturated carbocycles. The number of rotatable bonds is 6. The number of nitrogens with two attached hydrogens (primary N) is 1. The van der Waals surface area contributed by atoms with Gasteiger partial charge in [-0.3, -0.25) is 4.79 Å². The zero-order valence-electron chi connectivity index (χ0n) is 14.1. The highest BCUT2D eigenvalue weighted by Crippen LogP contribution is 2.38. The van der Waals surface area contributed by atoms with Crippen molar-refractivity contribution >= 4 is 17.3 Å². The number of hydrogen-bond donors (Lipinski definition) is 2. The Bertz CT molecular complexity index is 769. The van der Waals surface area contributed by atoms with Gasteiger partial charge in [0.1, 0.15) is 11.5 Å². The lowest BCUT2D eigenvalue weighted by Gasteiger charge is -2.10. The van der Waals surface area contributed by atoms with Gasteiger partial charge in [0.05, 0.1) is 25.6 Å². The van der Waals surface area contributed by atoms with Crippen molar-refractivity contribution in [2.75, 3.05) is 32.1 Å². The van der Waals surface area contributed by atoms with Crippen molar-refractivity contribution in [3.8, 4) is 23.0 Å². The molecule has 1 heterocycles. The van der Waals surface area contributed by atoms with Gasteiger partial charge >= 0.3 is 0 Å². The van der Waals surface area contributed by atoms with Gasteiger partial charge in [-0.05, 0) is 24.1 Å². The van der Waals surface area contributed by atoms with E-state index in [0.29, 0.717) is 47.2 Å². The second-order valence-corrected chi connectivity index (χ2v) is 5.56. The summed E-state index contributed by atoms with van der Waals surface area (Å²) in [7, 11) is 3.18. The van der Waals surface area contributed by atoms with Crippen LogP contribution in [-0.4, -0.2) is 26.9 Å². The van der Waals surface area contributed by atoms with E-state index in [9.17, 15) is 4.79 Å². The van der Waals surface area contributed by atoms with E-state index in [2.05, 4.69) is 5.32 Å². The van der Waals surface area contributed by atoms with Crippen LogP contribution in [0.4, 0.5) is 11.4 Å². The van der Waals surface area contributed by atoms with Gasteiger partial charge in [-0.25, -0.2) is 0 Å². The predicted molar refractivity (Wildman–Crippen MR) is 93.5 cm³/mol. The highest BCUT2D eigenvalue weighted by molar-refractivity contribution is 5.94. The molecule has 0 radical (unpaired) electrons. The van der Waals surface area contributed by atoms with Gasteiger partial charge in [0, 0.05) is 24.6 Å². The van der Waals surface area contributed by atoms with E-state index in [1.807, 2.05) is 12.1 Å². The smallest absolute Gasteiger partial charge is 0.231 e. The molecule has 2 aromatic rings. The molecule has 0 fully saturated rings. The number of hydrogen-bond acceptors (Lipinski definition) is 6. The molecule has 0 unspecified atom stereocenters. The normalized spacial score (nSPS) is 11.9. The van der Waals surface area contributed by atoms with E-state index >= 15 is 0 Å². The summed E-state index contributed by atoms with van der Waals surface area (Å²) in [5, 5.41) is 2.81. The fraction of sp³-hybridized carbons (Fsp3) is 0.278. The number of ether oxygens (including phenoxy) is 4. The number of amides is 1. The van der Waals surface area contributed by atoms with Crippen LogP contribution in [0.5, 0.6) is 23.0 Å². The fourth-order valence-electron chi connectivity index (χ4n) is 2.55. The molecule has 25 heavy (non-hydrogen) atoms. The van der Waals surface area contributed by atoms with Crippen LogP contribution in [0, 0.1) is 0 Å². The molecule has 1 amide bonds. The van der Waals surface area contributed by atoms with Gasteiger partial charge < -0.3 is 30.0 Å². The lowest BCUT2D eigenvalue weighted by molar-refractivity contribution is -0.116. The molecule has 3 N–H and O–H groups in total. The molecule has 132 valence electrons. The number of benzene rings is 2. The minimum atomic E-state index is -0.146. The van der Waals surface area contributed by atoms with Gasteiger partial charge in [-0.1, -0.05) is 0 Å². The number of anilines is 2. The summed E-state index contributed by atoms with van der Waals surface area (Å²) in [4.78, 5) is 12.2. The molecule has 1 aliphatic heterocycles. The Hall–Kier alpha value is -3.09. The monoisotopic (exact) mass is 344 g/mol. The summed E-state index contributed by atoms with van der Waals surface area (Å²) in [6, 6.07) is 8.86. The van der Waals surface area contributed by atoms with Crippen molar-refractivity contribution in [3.05, 3.63) is 35.9 Å². The average molecular weight is 344 g/mol. The maximum absolute atomic E-state index is 12.2. The standard InChI is InChI=1S/C18H20N2O5/c1-22-12-5-11(6-13(7-12)23-2)3-4-18(21)20-15-9-17-16(8-14(15)19)24-10-25-17/h5-9H,3-4,10,19H2,1-2H3,(H,20,21).